The van der Waals surface area contributed by atoms with Crippen LogP contribution in [0.5, 0.6) is 0 Å². The van der Waals surface area contributed by atoms with Gasteiger partial charge in [-0.1, -0.05) is 6.92 Å². The molecule has 0 aliphatic rings. The summed E-state index contributed by atoms with van der Waals surface area (Å²) in [4.78, 5) is 27.9. The van der Waals surface area contributed by atoms with E-state index in [1.54, 1.807) is 13.2 Å². The molecular formula is C15H23N3O3. The first-order valence-electron chi connectivity index (χ1n) is 7.12. The molecule has 0 bridgehead atoms. The highest BCUT2D eigenvalue weighted by molar-refractivity contribution is 5.98. The molecule has 0 radical (unpaired) electrons. The highest BCUT2D eigenvalue weighted by Crippen LogP contribution is 2.03. The molecule has 0 aliphatic carbocycles. The number of ether oxygens (including phenoxy) is 1. The van der Waals surface area contributed by atoms with Crippen LogP contribution in [0, 0.1) is 0 Å². The van der Waals surface area contributed by atoms with Crippen LogP contribution in [0.2, 0.25) is 0 Å². The zero-order chi connectivity index (χ0) is 15.7. The minimum atomic E-state index is -0.265. The first-order chi connectivity index (χ1) is 10.1. The monoisotopic (exact) mass is 293 g/mol. The second-order valence-corrected chi connectivity index (χ2v) is 4.81. The lowest BCUT2D eigenvalue weighted by Crippen LogP contribution is -2.33. The largest absolute Gasteiger partial charge is 0.385 e. The molecule has 0 aromatic carbocycles. The van der Waals surface area contributed by atoms with Crippen LogP contribution < -0.4 is 10.6 Å². The summed E-state index contributed by atoms with van der Waals surface area (Å²) in [6.07, 6.45) is 3.05. The van der Waals surface area contributed by atoms with E-state index in [-0.39, 0.29) is 23.6 Å². The molecular weight excluding hydrogens is 270 g/mol. The van der Waals surface area contributed by atoms with Crippen LogP contribution in [-0.2, 0) is 4.74 Å². The molecule has 0 saturated carbocycles. The third kappa shape index (κ3) is 5.91. The van der Waals surface area contributed by atoms with Crippen molar-refractivity contribution in [2.24, 2.45) is 0 Å². The zero-order valence-electron chi connectivity index (χ0n) is 12.8. The minimum absolute atomic E-state index is 0.0748. The van der Waals surface area contributed by atoms with E-state index >= 15 is 0 Å². The minimum Gasteiger partial charge on any atom is -0.385 e. The van der Waals surface area contributed by atoms with Crippen molar-refractivity contribution in [1.29, 1.82) is 0 Å². The molecule has 6 nitrogen and oxygen atoms in total. The third-order valence-corrected chi connectivity index (χ3v) is 3.06. The molecule has 0 aliphatic heterocycles. The van der Waals surface area contributed by atoms with E-state index in [1.165, 1.54) is 12.3 Å². The number of nitrogens with one attached hydrogen (secondary N) is 2. The fraction of sp³-hybridized carbons (Fsp3) is 0.533. The van der Waals surface area contributed by atoms with Gasteiger partial charge in [0.2, 0.25) is 0 Å². The van der Waals surface area contributed by atoms with Gasteiger partial charge in [0.1, 0.15) is 5.69 Å². The number of nitrogens with zero attached hydrogens (tertiary/aromatic N) is 1. The first kappa shape index (κ1) is 17.1. The Balaban J connectivity index is 2.62. The zero-order valence-corrected chi connectivity index (χ0v) is 12.8. The van der Waals surface area contributed by atoms with Crippen molar-refractivity contribution in [1.82, 2.24) is 15.6 Å². The molecule has 2 amide bonds. The molecule has 6 heteroatoms. The summed E-state index contributed by atoms with van der Waals surface area (Å²) in [5.74, 6) is -0.482. The van der Waals surface area contributed by atoms with E-state index in [4.69, 9.17) is 4.74 Å². The number of rotatable bonds is 8. The number of hydrogen-bond donors (Lipinski definition) is 2. The van der Waals surface area contributed by atoms with E-state index in [1.807, 2.05) is 13.8 Å². The smallest absolute Gasteiger partial charge is 0.270 e. The van der Waals surface area contributed by atoms with Crippen LogP contribution in [0.3, 0.4) is 0 Å². The van der Waals surface area contributed by atoms with Gasteiger partial charge in [0, 0.05) is 38.1 Å². The molecule has 0 fully saturated rings. The SMILES string of the molecule is CCC(C)NC(=O)c1cc(C(=O)NCCCOC)ccn1. The molecule has 0 spiro atoms. The van der Waals surface area contributed by atoms with Crippen molar-refractivity contribution in [2.75, 3.05) is 20.3 Å². The van der Waals surface area contributed by atoms with E-state index < -0.39 is 0 Å². The Morgan fingerprint density at radius 3 is 2.81 bits per heavy atom. The van der Waals surface area contributed by atoms with Crippen LogP contribution in [0.25, 0.3) is 0 Å². The molecule has 1 unspecified atom stereocenters. The number of methoxy groups -OCH3 is 1. The molecule has 1 atom stereocenters. The molecule has 1 rings (SSSR count). The summed E-state index contributed by atoms with van der Waals surface area (Å²) in [6.45, 7) is 5.04. The highest BCUT2D eigenvalue weighted by atomic mass is 16.5. The van der Waals surface area contributed by atoms with Gasteiger partial charge in [-0.3, -0.25) is 14.6 Å². The number of aromatic nitrogens is 1. The number of pyridine rings is 1. The fourth-order valence-electron chi connectivity index (χ4n) is 1.62. The Morgan fingerprint density at radius 1 is 1.38 bits per heavy atom. The van der Waals surface area contributed by atoms with E-state index in [2.05, 4.69) is 15.6 Å². The van der Waals surface area contributed by atoms with Crippen molar-refractivity contribution >= 4 is 11.8 Å². The maximum absolute atomic E-state index is 12.0. The Hall–Kier alpha value is -1.95. The molecule has 1 heterocycles. The average molecular weight is 293 g/mol. The third-order valence-electron chi connectivity index (χ3n) is 3.06. The lowest BCUT2D eigenvalue weighted by atomic mass is 10.2. The Morgan fingerprint density at radius 2 is 2.14 bits per heavy atom. The number of carbonyl (C=O) groups is 2. The molecule has 21 heavy (non-hydrogen) atoms. The predicted octanol–water partition coefficient (Wildman–Crippen LogP) is 1.38. The van der Waals surface area contributed by atoms with Gasteiger partial charge in [-0.25, -0.2) is 0 Å². The number of carbonyl (C=O) groups excluding carboxylic acids is 2. The average Bonchev–Trinajstić information content (AvgIpc) is 2.51. The maximum Gasteiger partial charge on any atom is 0.270 e. The van der Waals surface area contributed by atoms with Gasteiger partial charge in [-0.05, 0) is 31.9 Å². The van der Waals surface area contributed by atoms with Crippen molar-refractivity contribution < 1.29 is 14.3 Å². The van der Waals surface area contributed by atoms with Gasteiger partial charge >= 0.3 is 0 Å². The van der Waals surface area contributed by atoms with Gasteiger partial charge in [0.05, 0.1) is 0 Å². The quantitative estimate of drug-likeness (QED) is 0.710. The van der Waals surface area contributed by atoms with E-state index in [0.717, 1.165) is 12.8 Å². The first-order valence-corrected chi connectivity index (χ1v) is 7.12. The van der Waals surface area contributed by atoms with Crippen molar-refractivity contribution in [2.45, 2.75) is 32.7 Å². The summed E-state index contributed by atoms with van der Waals surface area (Å²) >= 11 is 0. The standard InChI is InChI=1S/C15H23N3O3/c1-4-11(2)18-15(20)13-10-12(6-8-16-13)14(19)17-7-5-9-21-3/h6,8,10-11H,4-5,7,9H2,1-3H3,(H,17,19)(H,18,20). The summed E-state index contributed by atoms with van der Waals surface area (Å²) in [5, 5.41) is 5.60. The Kier molecular flexibility index (Phi) is 7.39. The maximum atomic E-state index is 12.0. The van der Waals surface area contributed by atoms with Crippen LogP contribution in [-0.4, -0.2) is 43.1 Å². The number of hydrogen-bond acceptors (Lipinski definition) is 4. The normalized spacial score (nSPS) is 11.8. The summed E-state index contributed by atoms with van der Waals surface area (Å²) in [6, 6.07) is 3.17. The predicted molar refractivity (Wildman–Crippen MR) is 80.3 cm³/mol. The van der Waals surface area contributed by atoms with Gasteiger partial charge < -0.3 is 15.4 Å². The lowest BCUT2D eigenvalue weighted by Gasteiger charge is -2.11. The topological polar surface area (TPSA) is 80.3 Å². The van der Waals surface area contributed by atoms with Crippen LogP contribution >= 0.6 is 0 Å². The lowest BCUT2D eigenvalue weighted by molar-refractivity contribution is 0.0934. The summed E-state index contributed by atoms with van der Waals surface area (Å²) in [7, 11) is 1.62. The van der Waals surface area contributed by atoms with Crippen molar-refractivity contribution in [3.63, 3.8) is 0 Å². The molecule has 2 N–H and O–H groups in total. The second-order valence-electron chi connectivity index (χ2n) is 4.81. The van der Waals surface area contributed by atoms with E-state index in [9.17, 15) is 9.59 Å². The summed E-state index contributed by atoms with van der Waals surface area (Å²) in [5.41, 5.74) is 0.677. The van der Waals surface area contributed by atoms with Gasteiger partial charge in [-0.15, -0.1) is 0 Å². The molecule has 116 valence electrons. The Labute approximate surface area is 125 Å². The van der Waals surface area contributed by atoms with Gasteiger partial charge in [0.25, 0.3) is 11.8 Å². The molecule has 0 saturated heterocycles. The van der Waals surface area contributed by atoms with Crippen LogP contribution in [0.15, 0.2) is 18.3 Å². The fourth-order valence-corrected chi connectivity index (χ4v) is 1.62. The second kappa shape index (κ2) is 9.07. The van der Waals surface area contributed by atoms with Gasteiger partial charge in [-0.2, -0.15) is 0 Å². The molecule has 1 aromatic heterocycles. The number of amides is 2. The van der Waals surface area contributed by atoms with Gasteiger partial charge in [0.15, 0.2) is 0 Å². The van der Waals surface area contributed by atoms with Crippen molar-refractivity contribution in [3.8, 4) is 0 Å². The highest BCUT2D eigenvalue weighted by Gasteiger charge is 2.13. The van der Waals surface area contributed by atoms with E-state index in [0.29, 0.717) is 18.7 Å². The molecule has 1 aromatic rings. The van der Waals surface area contributed by atoms with Crippen LogP contribution in [0.1, 0.15) is 47.5 Å². The Bertz CT molecular complexity index is 477. The van der Waals surface area contributed by atoms with Crippen molar-refractivity contribution in [3.05, 3.63) is 29.6 Å². The van der Waals surface area contributed by atoms with Crippen LogP contribution in [0.4, 0.5) is 0 Å². The summed E-state index contributed by atoms with van der Waals surface area (Å²) < 4.78 is 4.91.